The first-order valence-corrected chi connectivity index (χ1v) is 16.5. The van der Waals surface area contributed by atoms with Crippen molar-refractivity contribution in [1.82, 2.24) is 34.6 Å². The number of anilines is 1. The molecule has 3 fully saturated rings. The van der Waals surface area contributed by atoms with Crippen LogP contribution in [-0.4, -0.2) is 103 Å². The van der Waals surface area contributed by atoms with Gasteiger partial charge in [0.25, 0.3) is 0 Å². The van der Waals surface area contributed by atoms with Crippen LogP contribution in [0.1, 0.15) is 43.0 Å². The molecule has 1 aromatic carbocycles. The Morgan fingerprint density at radius 2 is 2.06 bits per heavy atom. The number of nitrogens with zero attached hydrogens (tertiary/aromatic N) is 8. The van der Waals surface area contributed by atoms with Crippen molar-refractivity contribution in [3.05, 3.63) is 35.2 Å². The van der Waals surface area contributed by atoms with Crippen molar-refractivity contribution in [2.24, 2.45) is 7.05 Å². The minimum absolute atomic E-state index is 0.00910. The van der Waals surface area contributed by atoms with E-state index in [-0.39, 0.29) is 59.2 Å². The van der Waals surface area contributed by atoms with E-state index in [1.807, 2.05) is 11.0 Å². The standard InChI is InChI=1S/C34H35F4N9O3/c1-18-11-21-24(22(13-39)44-43-21)25(26(18)34(36,37)38)27-28-20(5-7-40-27)23-29(45(28)3)41-31(42-30(23)46-9-10-49-16-32(2,48)15-46)50-17-33-6-4-8-47(33)14-19(35)12-33/h5,7,11,19,48H,4,6,8-10,12,14-17H2,1-3H3,(H,43,44)/t19-,32+,33+/m1/s1. The molecule has 4 aromatic heterocycles. The molecule has 2 N–H and O–H groups in total. The van der Waals surface area contributed by atoms with E-state index in [0.717, 1.165) is 19.4 Å². The van der Waals surface area contributed by atoms with Crippen LogP contribution in [0.25, 0.3) is 44.1 Å². The number of β-amino-alcohol motifs (C(OH)–C–C–N with tert-alkyl or cyclic N) is 1. The Morgan fingerprint density at radius 3 is 2.84 bits per heavy atom. The highest BCUT2D eigenvalue weighted by Crippen LogP contribution is 2.47. The molecule has 16 heteroatoms. The lowest BCUT2D eigenvalue weighted by Gasteiger charge is -2.31. The summed E-state index contributed by atoms with van der Waals surface area (Å²) < 4.78 is 73.0. The Morgan fingerprint density at radius 1 is 1.24 bits per heavy atom. The first kappa shape index (κ1) is 32.6. The maximum atomic E-state index is 14.9. The van der Waals surface area contributed by atoms with Crippen molar-refractivity contribution < 1.29 is 32.1 Å². The molecule has 0 aliphatic carbocycles. The molecule has 3 aliphatic rings. The van der Waals surface area contributed by atoms with Crippen LogP contribution in [0.3, 0.4) is 0 Å². The van der Waals surface area contributed by atoms with Gasteiger partial charge in [0.1, 0.15) is 35.9 Å². The third-order valence-corrected chi connectivity index (χ3v) is 10.4. The molecule has 3 saturated heterocycles. The molecule has 0 saturated carbocycles. The summed E-state index contributed by atoms with van der Waals surface area (Å²) >= 11 is 0. The number of aliphatic hydroxyl groups is 1. The highest BCUT2D eigenvalue weighted by molar-refractivity contribution is 6.17. The summed E-state index contributed by atoms with van der Waals surface area (Å²) in [6.45, 7) is 5.22. The Hall–Kier alpha value is -4.59. The van der Waals surface area contributed by atoms with Gasteiger partial charge >= 0.3 is 12.2 Å². The average Bonchev–Trinajstić information content (AvgIpc) is 3.76. The van der Waals surface area contributed by atoms with Crippen LogP contribution in [0.2, 0.25) is 0 Å². The largest absolute Gasteiger partial charge is 0.461 e. The first-order valence-electron chi connectivity index (χ1n) is 16.5. The number of aromatic amines is 1. The second kappa shape index (κ2) is 11.5. The van der Waals surface area contributed by atoms with Gasteiger partial charge < -0.3 is 24.0 Å². The van der Waals surface area contributed by atoms with Gasteiger partial charge in [0.05, 0.1) is 53.0 Å². The van der Waals surface area contributed by atoms with Gasteiger partial charge in [-0.2, -0.15) is 33.5 Å². The number of pyridine rings is 1. The smallest absolute Gasteiger partial charge is 0.417 e. The predicted octanol–water partition coefficient (Wildman–Crippen LogP) is 4.80. The molecule has 3 aliphatic heterocycles. The maximum Gasteiger partial charge on any atom is 0.417 e. The zero-order chi connectivity index (χ0) is 35.2. The van der Waals surface area contributed by atoms with E-state index in [9.17, 15) is 27.9 Å². The number of halogens is 4. The molecule has 0 spiro atoms. The molecule has 0 radical (unpaired) electrons. The number of alkyl halides is 4. The van der Waals surface area contributed by atoms with Crippen molar-refractivity contribution in [3.63, 3.8) is 0 Å². The van der Waals surface area contributed by atoms with E-state index in [2.05, 4.69) is 20.1 Å². The van der Waals surface area contributed by atoms with Crippen molar-refractivity contribution in [2.75, 3.05) is 50.9 Å². The lowest BCUT2D eigenvalue weighted by molar-refractivity contribution is -0.137. The molecular weight excluding hydrogens is 658 g/mol. The number of rotatable bonds is 5. The van der Waals surface area contributed by atoms with Gasteiger partial charge in [0, 0.05) is 49.1 Å². The summed E-state index contributed by atoms with van der Waals surface area (Å²) in [5.74, 6) is 0.403. The summed E-state index contributed by atoms with van der Waals surface area (Å²) in [6.07, 6.45) is -2.25. The normalized spacial score (nSPS) is 24.7. The van der Waals surface area contributed by atoms with E-state index < -0.39 is 29.1 Å². The molecule has 0 unspecified atom stereocenters. The van der Waals surface area contributed by atoms with Crippen LogP contribution < -0.4 is 9.64 Å². The maximum absolute atomic E-state index is 14.9. The van der Waals surface area contributed by atoms with Crippen LogP contribution >= 0.6 is 0 Å². The molecule has 7 heterocycles. The summed E-state index contributed by atoms with van der Waals surface area (Å²) in [5, 5.41) is 28.8. The topological polar surface area (TPSA) is 141 Å². The number of aromatic nitrogens is 6. The Balaban J connectivity index is 1.38. The fourth-order valence-electron chi connectivity index (χ4n) is 8.32. The average molecular weight is 694 g/mol. The number of fused-ring (bicyclic) bond motifs is 5. The second-order valence-electron chi connectivity index (χ2n) is 14.0. The third kappa shape index (κ3) is 5.13. The summed E-state index contributed by atoms with van der Waals surface area (Å²) in [5.41, 5.74) is -2.21. The fourth-order valence-corrected chi connectivity index (χ4v) is 8.32. The van der Waals surface area contributed by atoms with E-state index in [0.29, 0.717) is 53.9 Å². The van der Waals surface area contributed by atoms with Crippen LogP contribution in [0.5, 0.6) is 6.01 Å². The number of nitriles is 1. The van der Waals surface area contributed by atoms with Crippen LogP contribution in [-0.2, 0) is 18.0 Å². The number of nitrogens with one attached hydrogen (secondary N) is 1. The van der Waals surface area contributed by atoms with Gasteiger partial charge in [-0.05, 0) is 50.9 Å². The minimum atomic E-state index is -4.79. The third-order valence-electron chi connectivity index (χ3n) is 10.4. The SMILES string of the molecule is Cc1cc2[nH]nc(C#N)c2c(-c2nccc3c4c(N5CCOC[C@@](C)(O)C5)nc(OC[C@@]56CCCN5C[C@H](F)C6)nc4n(C)c23)c1C(F)(F)F. The predicted molar refractivity (Wildman–Crippen MR) is 176 cm³/mol. The molecule has 0 amide bonds. The van der Waals surface area contributed by atoms with Crippen LogP contribution in [0.15, 0.2) is 18.3 Å². The van der Waals surface area contributed by atoms with Gasteiger partial charge in [-0.3, -0.25) is 15.0 Å². The van der Waals surface area contributed by atoms with Gasteiger partial charge in [-0.25, -0.2) is 4.39 Å². The number of ether oxygens (including phenoxy) is 2. The highest BCUT2D eigenvalue weighted by atomic mass is 19.4. The van der Waals surface area contributed by atoms with E-state index in [1.165, 1.54) is 19.2 Å². The van der Waals surface area contributed by atoms with E-state index in [1.54, 1.807) is 24.6 Å². The van der Waals surface area contributed by atoms with Crippen molar-refractivity contribution in [1.29, 1.82) is 5.26 Å². The summed E-state index contributed by atoms with van der Waals surface area (Å²) in [4.78, 5) is 18.2. The zero-order valence-corrected chi connectivity index (χ0v) is 27.7. The molecule has 12 nitrogen and oxygen atoms in total. The number of H-pyrrole nitrogens is 1. The molecule has 3 atom stereocenters. The quantitative estimate of drug-likeness (QED) is 0.247. The van der Waals surface area contributed by atoms with Crippen LogP contribution in [0.4, 0.5) is 23.4 Å². The number of aryl methyl sites for hydroxylation is 2. The van der Waals surface area contributed by atoms with E-state index >= 15 is 0 Å². The minimum Gasteiger partial charge on any atom is -0.461 e. The summed E-state index contributed by atoms with van der Waals surface area (Å²) in [7, 11) is 1.68. The van der Waals surface area contributed by atoms with Gasteiger partial charge in [0.2, 0.25) is 0 Å². The van der Waals surface area contributed by atoms with Crippen molar-refractivity contribution in [2.45, 2.75) is 56.6 Å². The molecular formula is C34H35F4N9O3. The van der Waals surface area contributed by atoms with Crippen LogP contribution in [0, 0.1) is 18.3 Å². The zero-order valence-electron chi connectivity index (χ0n) is 27.7. The highest BCUT2D eigenvalue weighted by Gasteiger charge is 2.49. The molecule has 0 bridgehead atoms. The second-order valence-corrected chi connectivity index (χ2v) is 14.0. The lowest BCUT2D eigenvalue weighted by atomic mass is 9.92. The Labute approximate surface area is 283 Å². The monoisotopic (exact) mass is 693 g/mol. The molecule has 8 rings (SSSR count). The number of hydrogen-bond acceptors (Lipinski definition) is 10. The molecule has 262 valence electrons. The number of hydrogen-bond donors (Lipinski definition) is 2. The van der Waals surface area contributed by atoms with Gasteiger partial charge in [0.15, 0.2) is 5.69 Å². The molecule has 50 heavy (non-hydrogen) atoms. The number of benzene rings is 1. The van der Waals surface area contributed by atoms with Gasteiger partial charge in [-0.1, -0.05) is 0 Å². The van der Waals surface area contributed by atoms with Crippen molar-refractivity contribution in [3.8, 4) is 23.3 Å². The van der Waals surface area contributed by atoms with Crippen molar-refractivity contribution >= 4 is 38.7 Å². The fraction of sp³-hybridized carbons (Fsp3) is 0.500. The van der Waals surface area contributed by atoms with E-state index in [4.69, 9.17) is 19.4 Å². The lowest BCUT2D eigenvalue weighted by Crippen LogP contribution is -2.44. The molecule has 5 aromatic rings. The Kier molecular flexibility index (Phi) is 7.48. The van der Waals surface area contributed by atoms with Gasteiger partial charge in [-0.15, -0.1) is 0 Å². The first-order chi connectivity index (χ1) is 23.8. The Bertz CT molecular complexity index is 2210. The summed E-state index contributed by atoms with van der Waals surface area (Å²) in [6, 6.07) is 4.97.